The van der Waals surface area contributed by atoms with Crippen molar-refractivity contribution >= 4 is 29.2 Å². The topological polar surface area (TPSA) is 37.3 Å². The van der Waals surface area contributed by atoms with Crippen LogP contribution in [-0.2, 0) is 4.79 Å². The Morgan fingerprint density at radius 3 is 2.16 bits per heavy atom. The lowest BCUT2D eigenvalue weighted by Crippen LogP contribution is -1.99. The maximum absolute atomic E-state index is 11.4. The largest absolute Gasteiger partial charge is 0.478 e. The number of rotatable bonds is 3. The minimum absolute atomic E-state index is 0.266. The first-order valence-corrected chi connectivity index (χ1v) is 6.21. The van der Waals surface area contributed by atoms with E-state index in [-0.39, 0.29) is 5.57 Å². The fraction of sp³-hybridized carbons (Fsp3) is 0.0625. The third kappa shape index (κ3) is 3.46. The van der Waals surface area contributed by atoms with Crippen LogP contribution in [0.1, 0.15) is 16.7 Å². The van der Waals surface area contributed by atoms with E-state index in [1.165, 1.54) is 0 Å². The van der Waals surface area contributed by atoms with Crippen LogP contribution in [0.25, 0.3) is 11.6 Å². The summed E-state index contributed by atoms with van der Waals surface area (Å²) in [6.45, 7) is 1.97. The van der Waals surface area contributed by atoms with E-state index in [2.05, 4.69) is 0 Å². The average Bonchev–Trinajstić information content (AvgIpc) is 2.39. The fourth-order valence-electron chi connectivity index (χ4n) is 1.73. The summed E-state index contributed by atoms with van der Waals surface area (Å²) in [7, 11) is 0. The van der Waals surface area contributed by atoms with Gasteiger partial charge in [-0.05, 0) is 36.3 Å². The molecule has 19 heavy (non-hydrogen) atoms. The zero-order valence-corrected chi connectivity index (χ0v) is 11.2. The molecular formula is C16H13ClO2. The normalized spacial score (nSPS) is 11.4. The van der Waals surface area contributed by atoms with Gasteiger partial charge in [0.25, 0.3) is 0 Å². The summed E-state index contributed by atoms with van der Waals surface area (Å²) in [5.74, 6) is -0.946. The second-order valence-electron chi connectivity index (χ2n) is 4.28. The van der Waals surface area contributed by atoms with Crippen molar-refractivity contribution in [3.05, 3.63) is 70.2 Å². The Hall–Kier alpha value is -2.06. The van der Waals surface area contributed by atoms with Gasteiger partial charge in [0.2, 0.25) is 0 Å². The van der Waals surface area contributed by atoms with Crippen LogP contribution < -0.4 is 0 Å². The van der Waals surface area contributed by atoms with Crippen LogP contribution in [0, 0.1) is 6.92 Å². The average molecular weight is 273 g/mol. The minimum Gasteiger partial charge on any atom is -0.478 e. The Morgan fingerprint density at radius 1 is 1.05 bits per heavy atom. The van der Waals surface area contributed by atoms with Crippen LogP contribution in [-0.4, -0.2) is 11.1 Å². The molecule has 2 rings (SSSR count). The highest BCUT2D eigenvalue weighted by Gasteiger charge is 2.10. The zero-order chi connectivity index (χ0) is 13.8. The van der Waals surface area contributed by atoms with E-state index >= 15 is 0 Å². The van der Waals surface area contributed by atoms with E-state index in [0.717, 1.165) is 11.1 Å². The van der Waals surface area contributed by atoms with Crippen LogP contribution in [0.15, 0.2) is 48.5 Å². The van der Waals surface area contributed by atoms with Crippen molar-refractivity contribution in [2.45, 2.75) is 6.92 Å². The number of hydrogen-bond donors (Lipinski definition) is 1. The molecule has 0 spiro atoms. The molecule has 1 N–H and O–H groups in total. The summed E-state index contributed by atoms with van der Waals surface area (Å²) >= 11 is 5.81. The Kier molecular flexibility index (Phi) is 4.03. The van der Waals surface area contributed by atoms with Crippen molar-refractivity contribution < 1.29 is 9.90 Å². The number of hydrogen-bond acceptors (Lipinski definition) is 1. The Morgan fingerprint density at radius 2 is 1.63 bits per heavy atom. The van der Waals surface area contributed by atoms with E-state index in [1.807, 2.05) is 31.2 Å². The number of aryl methyl sites for hydroxylation is 1. The van der Waals surface area contributed by atoms with E-state index in [9.17, 15) is 9.90 Å². The van der Waals surface area contributed by atoms with Crippen LogP contribution in [0.3, 0.4) is 0 Å². The second kappa shape index (κ2) is 5.72. The SMILES string of the molecule is Cc1ccc(/C(=C\c2ccc(Cl)cc2)C(=O)O)cc1. The first-order chi connectivity index (χ1) is 9.06. The molecule has 2 nitrogen and oxygen atoms in total. The standard InChI is InChI=1S/C16H13ClO2/c1-11-2-6-13(7-3-11)15(16(18)19)10-12-4-8-14(17)9-5-12/h2-10H,1H3,(H,18,19)/b15-10+. The quantitative estimate of drug-likeness (QED) is 0.669. The lowest BCUT2D eigenvalue weighted by Gasteiger charge is -2.04. The Bertz CT molecular complexity index is 610. The molecule has 3 heteroatoms. The molecule has 0 heterocycles. The van der Waals surface area contributed by atoms with Crippen molar-refractivity contribution in [1.29, 1.82) is 0 Å². The van der Waals surface area contributed by atoms with E-state index in [1.54, 1.807) is 30.3 Å². The van der Waals surface area contributed by atoms with Crippen molar-refractivity contribution in [3.8, 4) is 0 Å². The molecular weight excluding hydrogens is 260 g/mol. The molecule has 2 aromatic rings. The molecule has 0 fully saturated rings. The van der Waals surface area contributed by atoms with Crippen LogP contribution in [0.2, 0.25) is 5.02 Å². The summed E-state index contributed by atoms with van der Waals surface area (Å²) in [5, 5.41) is 9.95. The molecule has 0 aliphatic rings. The molecule has 0 saturated carbocycles. The number of carbonyl (C=O) groups is 1. The first-order valence-electron chi connectivity index (χ1n) is 5.84. The van der Waals surface area contributed by atoms with Gasteiger partial charge in [-0.15, -0.1) is 0 Å². The molecule has 0 aliphatic heterocycles. The zero-order valence-electron chi connectivity index (χ0n) is 10.4. The summed E-state index contributed by atoms with van der Waals surface area (Å²) in [4.78, 5) is 11.4. The highest BCUT2D eigenvalue weighted by atomic mass is 35.5. The highest BCUT2D eigenvalue weighted by Crippen LogP contribution is 2.20. The van der Waals surface area contributed by atoms with Gasteiger partial charge in [0.15, 0.2) is 0 Å². The molecule has 0 unspecified atom stereocenters. The van der Waals surface area contributed by atoms with E-state index < -0.39 is 5.97 Å². The van der Waals surface area contributed by atoms with Gasteiger partial charge in [0, 0.05) is 5.02 Å². The van der Waals surface area contributed by atoms with Gasteiger partial charge in [-0.25, -0.2) is 4.79 Å². The van der Waals surface area contributed by atoms with Crippen molar-refractivity contribution in [2.24, 2.45) is 0 Å². The smallest absolute Gasteiger partial charge is 0.336 e. The molecule has 0 atom stereocenters. The lowest BCUT2D eigenvalue weighted by atomic mass is 10.0. The lowest BCUT2D eigenvalue weighted by molar-refractivity contribution is -0.130. The number of carboxylic acid groups (broad SMARTS) is 1. The molecule has 0 aliphatic carbocycles. The summed E-state index contributed by atoms with van der Waals surface area (Å²) in [5.41, 5.74) is 2.86. The molecule has 0 aromatic heterocycles. The van der Waals surface area contributed by atoms with Crippen LogP contribution >= 0.6 is 11.6 Å². The highest BCUT2D eigenvalue weighted by molar-refractivity contribution is 6.30. The van der Waals surface area contributed by atoms with Crippen molar-refractivity contribution in [1.82, 2.24) is 0 Å². The third-order valence-electron chi connectivity index (χ3n) is 2.77. The maximum Gasteiger partial charge on any atom is 0.336 e. The molecule has 96 valence electrons. The monoisotopic (exact) mass is 272 g/mol. The number of halogens is 1. The molecule has 0 amide bonds. The van der Waals surface area contributed by atoms with E-state index in [0.29, 0.717) is 10.6 Å². The number of carboxylic acids is 1. The van der Waals surface area contributed by atoms with Gasteiger partial charge in [-0.3, -0.25) is 0 Å². The number of benzene rings is 2. The van der Waals surface area contributed by atoms with Crippen LogP contribution in [0.4, 0.5) is 0 Å². The van der Waals surface area contributed by atoms with Crippen molar-refractivity contribution in [2.75, 3.05) is 0 Å². The van der Waals surface area contributed by atoms with Gasteiger partial charge in [-0.1, -0.05) is 53.6 Å². The summed E-state index contributed by atoms with van der Waals surface area (Å²) in [6, 6.07) is 14.5. The van der Waals surface area contributed by atoms with Gasteiger partial charge < -0.3 is 5.11 Å². The van der Waals surface area contributed by atoms with Gasteiger partial charge in [0.05, 0.1) is 5.57 Å². The van der Waals surface area contributed by atoms with E-state index in [4.69, 9.17) is 11.6 Å². The van der Waals surface area contributed by atoms with Crippen molar-refractivity contribution in [3.63, 3.8) is 0 Å². The predicted molar refractivity (Wildman–Crippen MR) is 78.1 cm³/mol. The summed E-state index contributed by atoms with van der Waals surface area (Å²) < 4.78 is 0. The Labute approximate surface area is 117 Å². The molecule has 0 radical (unpaired) electrons. The molecule has 0 saturated heterocycles. The third-order valence-corrected chi connectivity index (χ3v) is 3.03. The summed E-state index contributed by atoms with van der Waals surface area (Å²) in [6.07, 6.45) is 1.64. The maximum atomic E-state index is 11.4. The predicted octanol–water partition coefficient (Wildman–Crippen LogP) is 4.27. The van der Waals surface area contributed by atoms with Crippen LogP contribution in [0.5, 0.6) is 0 Å². The molecule has 2 aromatic carbocycles. The van der Waals surface area contributed by atoms with Gasteiger partial charge >= 0.3 is 5.97 Å². The van der Waals surface area contributed by atoms with Gasteiger partial charge in [-0.2, -0.15) is 0 Å². The van der Waals surface area contributed by atoms with Gasteiger partial charge in [0.1, 0.15) is 0 Å². The minimum atomic E-state index is -0.946. The Balaban J connectivity index is 2.43. The number of aliphatic carboxylic acids is 1. The molecule has 0 bridgehead atoms. The first kappa shape index (κ1) is 13.4. The fourth-order valence-corrected chi connectivity index (χ4v) is 1.85. The second-order valence-corrected chi connectivity index (χ2v) is 4.72.